The third-order valence-electron chi connectivity index (χ3n) is 3.92. The molecule has 1 atom stereocenters. The summed E-state index contributed by atoms with van der Waals surface area (Å²) in [4.78, 5) is 12.0. The normalized spacial score (nSPS) is 16.6. The quantitative estimate of drug-likeness (QED) is 0.799. The number of anilines is 1. The first kappa shape index (κ1) is 17.5. The van der Waals surface area contributed by atoms with E-state index in [2.05, 4.69) is 5.32 Å². The summed E-state index contributed by atoms with van der Waals surface area (Å²) in [5.74, 6) is 0.533. The van der Waals surface area contributed by atoms with Gasteiger partial charge in [0.05, 0.1) is 12.7 Å². The lowest BCUT2D eigenvalue weighted by molar-refractivity contribution is -0.121. The number of hydrogen-bond acceptors (Lipinski definition) is 4. The topological polar surface area (TPSA) is 56.8 Å². The van der Waals surface area contributed by atoms with Crippen LogP contribution in [0.15, 0.2) is 54.6 Å². The van der Waals surface area contributed by atoms with Crippen LogP contribution in [-0.4, -0.2) is 31.8 Å². The lowest BCUT2D eigenvalue weighted by Gasteiger charge is -2.12. The summed E-state index contributed by atoms with van der Waals surface area (Å²) in [5, 5.41) is 2.82. The van der Waals surface area contributed by atoms with Crippen molar-refractivity contribution in [2.75, 3.05) is 25.1 Å². The molecule has 1 unspecified atom stereocenters. The van der Waals surface area contributed by atoms with E-state index in [1.165, 1.54) is 0 Å². The molecule has 1 fully saturated rings. The molecule has 5 heteroatoms. The van der Waals surface area contributed by atoms with Gasteiger partial charge in [-0.25, -0.2) is 0 Å². The summed E-state index contributed by atoms with van der Waals surface area (Å²) < 4.78 is 16.7. The zero-order chi connectivity index (χ0) is 17.3. The molecule has 1 saturated heterocycles. The fourth-order valence-corrected chi connectivity index (χ4v) is 2.66. The predicted molar refractivity (Wildman–Crippen MR) is 95.6 cm³/mol. The number of carbonyl (C=O) groups is 1. The predicted octanol–water partition coefficient (Wildman–Crippen LogP) is 3.40. The lowest BCUT2D eigenvalue weighted by atomic mass is 10.2. The Morgan fingerprint density at radius 1 is 1.16 bits per heavy atom. The van der Waals surface area contributed by atoms with Crippen molar-refractivity contribution in [1.82, 2.24) is 0 Å². The minimum absolute atomic E-state index is 0.00981. The first-order valence-electron chi connectivity index (χ1n) is 8.55. The van der Waals surface area contributed by atoms with Gasteiger partial charge >= 0.3 is 0 Å². The zero-order valence-electron chi connectivity index (χ0n) is 14.1. The fourth-order valence-electron chi connectivity index (χ4n) is 2.66. The van der Waals surface area contributed by atoms with Gasteiger partial charge in [0.15, 0.2) is 0 Å². The summed E-state index contributed by atoms with van der Waals surface area (Å²) >= 11 is 0. The highest BCUT2D eigenvalue weighted by Crippen LogP contribution is 2.19. The molecular formula is C20H23NO4. The molecule has 0 aliphatic carbocycles. The van der Waals surface area contributed by atoms with Crippen molar-refractivity contribution in [3.8, 4) is 5.75 Å². The van der Waals surface area contributed by atoms with Gasteiger partial charge in [-0.2, -0.15) is 0 Å². The van der Waals surface area contributed by atoms with Crippen LogP contribution >= 0.6 is 0 Å². The van der Waals surface area contributed by atoms with Crippen LogP contribution in [-0.2, 0) is 20.9 Å². The minimum atomic E-state index is -0.188. The van der Waals surface area contributed by atoms with E-state index in [1.807, 2.05) is 54.6 Å². The van der Waals surface area contributed by atoms with E-state index in [1.54, 1.807) is 0 Å². The Hall–Kier alpha value is -2.37. The number of nitrogens with one attached hydrogen (secondary N) is 1. The van der Waals surface area contributed by atoms with Gasteiger partial charge in [0.2, 0.25) is 5.91 Å². The van der Waals surface area contributed by atoms with Crippen molar-refractivity contribution in [2.45, 2.75) is 25.6 Å². The Morgan fingerprint density at radius 3 is 2.84 bits per heavy atom. The SMILES string of the molecule is O=C(COCc1ccccc1)Nc1cccc(OCC2CCCO2)c1. The summed E-state index contributed by atoms with van der Waals surface area (Å²) in [6.07, 6.45) is 2.30. The molecule has 25 heavy (non-hydrogen) atoms. The van der Waals surface area contributed by atoms with Crippen LogP contribution in [0.5, 0.6) is 5.75 Å². The molecule has 3 rings (SSSR count). The largest absolute Gasteiger partial charge is 0.491 e. The zero-order valence-corrected chi connectivity index (χ0v) is 14.1. The third-order valence-corrected chi connectivity index (χ3v) is 3.92. The van der Waals surface area contributed by atoms with Gasteiger partial charge in [-0.15, -0.1) is 0 Å². The minimum Gasteiger partial charge on any atom is -0.491 e. The van der Waals surface area contributed by atoms with Gasteiger partial charge < -0.3 is 19.5 Å². The van der Waals surface area contributed by atoms with Gasteiger partial charge in [-0.1, -0.05) is 36.4 Å². The monoisotopic (exact) mass is 341 g/mol. The molecule has 0 aromatic heterocycles. The Balaban J connectivity index is 1.42. The molecule has 1 aliphatic heterocycles. The van der Waals surface area contributed by atoms with E-state index < -0.39 is 0 Å². The summed E-state index contributed by atoms with van der Waals surface area (Å²) in [6.45, 7) is 1.78. The highest BCUT2D eigenvalue weighted by atomic mass is 16.5. The Morgan fingerprint density at radius 2 is 2.04 bits per heavy atom. The highest BCUT2D eigenvalue weighted by Gasteiger charge is 2.16. The van der Waals surface area contributed by atoms with Gasteiger partial charge in [0.25, 0.3) is 0 Å². The van der Waals surface area contributed by atoms with Crippen LogP contribution in [0.2, 0.25) is 0 Å². The average molecular weight is 341 g/mol. The molecular weight excluding hydrogens is 318 g/mol. The maximum Gasteiger partial charge on any atom is 0.250 e. The molecule has 1 N–H and O–H groups in total. The van der Waals surface area contributed by atoms with Crippen molar-refractivity contribution >= 4 is 11.6 Å². The first-order chi connectivity index (χ1) is 12.3. The summed E-state index contributed by atoms with van der Waals surface area (Å²) in [7, 11) is 0. The molecule has 1 amide bonds. The van der Waals surface area contributed by atoms with Crippen LogP contribution < -0.4 is 10.1 Å². The number of hydrogen-bond donors (Lipinski definition) is 1. The molecule has 0 saturated carbocycles. The Kier molecular flexibility index (Phi) is 6.42. The Bertz CT molecular complexity index is 668. The van der Waals surface area contributed by atoms with Crippen LogP contribution in [0.4, 0.5) is 5.69 Å². The molecule has 0 radical (unpaired) electrons. The summed E-state index contributed by atoms with van der Waals surface area (Å²) in [6, 6.07) is 17.1. The molecule has 0 spiro atoms. The van der Waals surface area contributed by atoms with Gasteiger partial charge in [-0.05, 0) is 30.5 Å². The van der Waals surface area contributed by atoms with Gasteiger partial charge in [0, 0.05) is 18.4 Å². The lowest BCUT2D eigenvalue weighted by Crippen LogP contribution is -2.18. The Labute approximate surface area is 147 Å². The molecule has 2 aromatic rings. The van der Waals surface area contributed by atoms with Crippen LogP contribution in [0.3, 0.4) is 0 Å². The van der Waals surface area contributed by atoms with E-state index in [0.29, 0.717) is 18.9 Å². The van der Waals surface area contributed by atoms with Crippen molar-refractivity contribution in [1.29, 1.82) is 0 Å². The molecule has 0 bridgehead atoms. The van der Waals surface area contributed by atoms with E-state index in [9.17, 15) is 4.79 Å². The van der Waals surface area contributed by atoms with Gasteiger partial charge in [-0.3, -0.25) is 4.79 Å². The van der Waals surface area contributed by atoms with Crippen molar-refractivity contribution in [3.05, 3.63) is 60.2 Å². The summed E-state index contributed by atoms with van der Waals surface area (Å²) in [5.41, 5.74) is 1.73. The average Bonchev–Trinajstić information content (AvgIpc) is 3.15. The van der Waals surface area contributed by atoms with Crippen LogP contribution in [0, 0.1) is 0 Å². The van der Waals surface area contributed by atoms with Crippen molar-refractivity contribution < 1.29 is 19.0 Å². The number of carbonyl (C=O) groups excluding carboxylic acids is 1. The van der Waals surface area contributed by atoms with E-state index >= 15 is 0 Å². The number of rotatable bonds is 8. The molecule has 1 aliphatic rings. The second kappa shape index (κ2) is 9.20. The standard InChI is InChI=1S/C20H23NO4/c22-20(15-23-13-16-6-2-1-3-7-16)21-17-8-4-9-18(12-17)25-14-19-10-5-11-24-19/h1-4,6-9,12,19H,5,10-11,13-15H2,(H,21,22). The fraction of sp³-hybridized carbons (Fsp3) is 0.350. The van der Waals surface area contributed by atoms with Gasteiger partial charge in [0.1, 0.15) is 19.0 Å². The number of ether oxygens (including phenoxy) is 3. The van der Waals surface area contributed by atoms with Crippen LogP contribution in [0.25, 0.3) is 0 Å². The molecule has 5 nitrogen and oxygen atoms in total. The first-order valence-corrected chi connectivity index (χ1v) is 8.55. The molecule has 1 heterocycles. The van der Waals surface area contributed by atoms with E-state index in [-0.39, 0.29) is 18.6 Å². The van der Waals surface area contributed by atoms with E-state index in [4.69, 9.17) is 14.2 Å². The second-order valence-corrected chi connectivity index (χ2v) is 6.00. The van der Waals surface area contributed by atoms with Crippen molar-refractivity contribution in [2.24, 2.45) is 0 Å². The van der Waals surface area contributed by atoms with Crippen molar-refractivity contribution in [3.63, 3.8) is 0 Å². The van der Waals surface area contributed by atoms with Crippen LogP contribution in [0.1, 0.15) is 18.4 Å². The maximum absolute atomic E-state index is 12.0. The van der Waals surface area contributed by atoms with E-state index in [0.717, 1.165) is 30.8 Å². The molecule has 2 aromatic carbocycles. The second-order valence-electron chi connectivity index (χ2n) is 6.00. The maximum atomic E-state index is 12.0. The number of amides is 1. The molecule has 132 valence electrons. The smallest absolute Gasteiger partial charge is 0.250 e. The highest BCUT2D eigenvalue weighted by molar-refractivity contribution is 5.91. The third kappa shape index (κ3) is 5.89. The number of benzene rings is 2.